The summed E-state index contributed by atoms with van der Waals surface area (Å²) in [6.45, 7) is 4.16. The number of amides is 2. The zero-order valence-electron chi connectivity index (χ0n) is 12.2. The van der Waals surface area contributed by atoms with E-state index in [9.17, 15) is 9.59 Å². The highest BCUT2D eigenvalue weighted by Crippen LogP contribution is 2.09. The molecule has 0 radical (unpaired) electrons. The van der Waals surface area contributed by atoms with Crippen LogP contribution in [0.2, 0.25) is 0 Å². The van der Waals surface area contributed by atoms with E-state index in [1.807, 2.05) is 44.2 Å². The van der Waals surface area contributed by atoms with Gasteiger partial charge in [0, 0.05) is 13.6 Å². The molecule has 0 heterocycles. The van der Waals surface area contributed by atoms with Gasteiger partial charge in [0.05, 0.1) is 0 Å². The van der Waals surface area contributed by atoms with Crippen molar-refractivity contribution in [2.24, 2.45) is 5.92 Å². The highest BCUT2D eigenvalue weighted by Gasteiger charge is 2.26. The Morgan fingerprint density at radius 3 is 2.40 bits per heavy atom. The Morgan fingerprint density at radius 2 is 1.90 bits per heavy atom. The van der Waals surface area contributed by atoms with Crippen molar-refractivity contribution < 1.29 is 14.7 Å². The molecule has 1 rings (SSSR count). The van der Waals surface area contributed by atoms with Gasteiger partial charge in [0.25, 0.3) is 0 Å². The van der Waals surface area contributed by atoms with E-state index >= 15 is 0 Å². The predicted octanol–water partition coefficient (Wildman–Crippen LogP) is 2.33. The Bertz CT molecular complexity index is 448. The van der Waals surface area contributed by atoms with Gasteiger partial charge in [-0.2, -0.15) is 0 Å². The third kappa shape index (κ3) is 4.57. The first kappa shape index (κ1) is 16.0. The molecule has 2 N–H and O–H groups in total. The van der Waals surface area contributed by atoms with Crippen LogP contribution in [-0.4, -0.2) is 35.1 Å². The highest BCUT2D eigenvalue weighted by atomic mass is 16.4. The van der Waals surface area contributed by atoms with Crippen LogP contribution < -0.4 is 5.32 Å². The monoisotopic (exact) mass is 278 g/mol. The molecule has 0 unspecified atom stereocenters. The fourth-order valence-corrected chi connectivity index (χ4v) is 1.86. The van der Waals surface area contributed by atoms with Gasteiger partial charge in [0.2, 0.25) is 0 Å². The molecule has 2 amide bonds. The first-order valence-corrected chi connectivity index (χ1v) is 6.74. The summed E-state index contributed by atoms with van der Waals surface area (Å²) in [5.41, 5.74) is 1.00. The van der Waals surface area contributed by atoms with Crippen molar-refractivity contribution in [1.29, 1.82) is 0 Å². The molecule has 0 aliphatic rings. The number of carbonyl (C=O) groups excluding carboxylic acids is 1. The van der Waals surface area contributed by atoms with E-state index in [0.717, 1.165) is 5.56 Å². The standard InChI is InChI=1S/C15H22N2O3/c1-4-11(2)13(14(18)19)16-15(20)17(3)10-12-8-6-5-7-9-12/h5-9,11,13H,4,10H2,1-3H3,(H,16,20)(H,18,19)/t11-,13+/m1/s1. The second-order valence-electron chi connectivity index (χ2n) is 4.99. The van der Waals surface area contributed by atoms with E-state index in [4.69, 9.17) is 5.11 Å². The predicted molar refractivity (Wildman–Crippen MR) is 77.3 cm³/mol. The summed E-state index contributed by atoms with van der Waals surface area (Å²) in [6, 6.07) is 8.33. The molecule has 2 atom stereocenters. The number of hydrogen-bond acceptors (Lipinski definition) is 2. The van der Waals surface area contributed by atoms with Crippen molar-refractivity contribution in [1.82, 2.24) is 10.2 Å². The Hall–Kier alpha value is -2.04. The van der Waals surface area contributed by atoms with Crippen molar-refractivity contribution in [3.8, 4) is 0 Å². The molecule has 20 heavy (non-hydrogen) atoms. The molecule has 0 aliphatic heterocycles. The van der Waals surface area contributed by atoms with Crippen LogP contribution >= 0.6 is 0 Å². The number of nitrogens with one attached hydrogen (secondary N) is 1. The molecule has 0 saturated carbocycles. The summed E-state index contributed by atoms with van der Waals surface area (Å²) in [5, 5.41) is 11.7. The maximum Gasteiger partial charge on any atom is 0.326 e. The second-order valence-corrected chi connectivity index (χ2v) is 4.99. The molecule has 0 bridgehead atoms. The summed E-state index contributed by atoms with van der Waals surface area (Å²) in [5.74, 6) is -1.11. The first-order valence-electron chi connectivity index (χ1n) is 6.74. The number of rotatable bonds is 6. The molecule has 0 aliphatic carbocycles. The van der Waals surface area contributed by atoms with Gasteiger partial charge < -0.3 is 15.3 Å². The van der Waals surface area contributed by atoms with Crippen molar-refractivity contribution in [2.75, 3.05) is 7.05 Å². The number of hydrogen-bond donors (Lipinski definition) is 2. The zero-order valence-corrected chi connectivity index (χ0v) is 12.2. The van der Waals surface area contributed by atoms with Gasteiger partial charge in [0.1, 0.15) is 6.04 Å². The van der Waals surface area contributed by atoms with E-state index in [-0.39, 0.29) is 11.9 Å². The number of carbonyl (C=O) groups is 2. The smallest absolute Gasteiger partial charge is 0.326 e. The largest absolute Gasteiger partial charge is 0.480 e. The van der Waals surface area contributed by atoms with Crippen LogP contribution in [0.4, 0.5) is 4.79 Å². The maximum atomic E-state index is 12.0. The molecular weight excluding hydrogens is 256 g/mol. The molecule has 1 aromatic carbocycles. The summed E-state index contributed by atoms with van der Waals surface area (Å²) in [4.78, 5) is 24.7. The first-order chi connectivity index (χ1) is 9.45. The van der Waals surface area contributed by atoms with Crippen molar-refractivity contribution in [3.05, 3.63) is 35.9 Å². The fraction of sp³-hybridized carbons (Fsp3) is 0.467. The lowest BCUT2D eigenvalue weighted by Gasteiger charge is -2.24. The van der Waals surface area contributed by atoms with Gasteiger partial charge in [-0.1, -0.05) is 50.6 Å². The van der Waals surface area contributed by atoms with Gasteiger partial charge in [-0.3, -0.25) is 0 Å². The van der Waals surface area contributed by atoms with Crippen molar-refractivity contribution in [2.45, 2.75) is 32.9 Å². The number of urea groups is 1. The number of carboxylic acids is 1. The van der Waals surface area contributed by atoms with Crippen molar-refractivity contribution in [3.63, 3.8) is 0 Å². The quantitative estimate of drug-likeness (QED) is 0.839. The van der Waals surface area contributed by atoms with Crippen LogP contribution in [0.25, 0.3) is 0 Å². The Morgan fingerprint density at radius 1 is 1.30 bits per heavy atom. The minimum atomic E-state index is -0.999. The highest BCUT2D eigenvalue weighted by molar-refractivity contribution is 5.82. The van der Waals surface area contributed by atoms with Crippen LogP contribution in [0.15, 0.2) is 30.3 Å². The molecule has 5 heteroatoms. The molecule has 0 fully saturated rings. The average Bonchev–Trinajstić information content (AvgIpc) is 2.44. The summed E-state index contributed by atoms with van der Waals surface area (Å²) in [7, 11) is 1.65. The maximum absolute atomic E-state index is 12.0. The molecule has 0 spiro atoms. The van der Waals surface area contributed by atoms with E-state index in [2.05, 4.69) is 5.32 Å². The average molecular weight is 278 g/mol. The van der Waals surface area contributed by atoms with Crippen LogP contribution in [0.3, 0.4) is 0 Å². The van der Waals surface area contributed by atoms with Crippen LogP contribution in [0.5, 0.6) is 0 Å². The Kier molecular flexibility index (Phi) is 6.03. The molecule has 110 valence electrons. The van der Waals surface area contributed by atoms with Crippen molar-refractivity contribution >= 4 is 12.0 Å². The molecule has 0 aromatic heterocycles. The third-order valence-corrected chi connectivity index (χ3v) is 3.37. The molecule has 0 saturated heterocycles. The summed E-state index contributed by atoms with van der Waals surface area (Å²) < 4.78 is 0. The zero-order chi connectivity index (χ0) is 15.1. The van der Waals surface area contributed by atoms with E-state index in [0.29, 0.717) is 13.0 Å². The Labute approximate surface area is 119 Å². The summed E-state index contributed by atoms with van der Waals surface area (Å²) in [6.07, 6.45) is 0.694. The fourth-order valence-electron chi connectivity index (χ4n) is 1.86. The normalized spacial score (nSPS) is 13.3. The van der Waals surface area contributed by atoms with Gasteiger partial charge in [-0.15, -0.1) is 0 Å². The second kappa shape index (κ2) is 7.53. The van der Waals surface area contributed by atoms with Gasteiger partial charge in [-0.05, 0) is 11.5 Å². The lowest BCUT2D eigenvalue weighted by atomic mass is 9.99. The number of nitrogens with zero attached hydrogens (tertiary/aromatic N) is 1. The van der Waals surface area contributed by atoms with E-state index in [1.165, 1.54) is 4.90 Å². The van der Waals surface area contributed by atoms with Gasteiger partial charge >= 0.3 is 12.0 Å². The lowest BCUT2D eigenvalue weighted by Crippen LogP contribution is -2.49. The minimum absolute atomic E-state index is 0.110. The van der Waals surface area contributed by atoms with E-state index < -0.39 is 12.0 Å². The SMILES string of the molecule is CC[C@@H](C)[C@H](NC(=O)N(C)Cc1ccccc1)C(=O)O. The molecular formula is C15H22N2O3. The molecule has 5 nitrogen and oxygen atoms in total. The topological polar surface area (TPSA) is 69.6 Å². The van der Waals surface area contributed by atoms with Gasteiger partial charge in [-0.25, -0.2) is 9.59 Å². The minimum Gasteiger partial charge on any atom is -0.480 e. The number of benzene rings is 1. The number of carboxylic acid groups (broad SMARTS) is 1. The van der Waals surface area contributed by atoms with Crippen LogP contribution in [0, 0.1) is 5.92 Å². The third-order valence-electron chi connectivity index (χ3n) is 3.37. The summed E-state index contributed by atoms with van der Waals surface area (Å²) >= 11 is 0. The van der Waals surface area contributed by atoms with E-state index in [1.54, 1.807) is 7.05 Å². The number of aliphatic carboxylic acids is 1. The van der Waals surface area contributed by atoms with Gasteiger partial charge in [0.15, 0.2) is 0 Å². The molecule has 1 aromatic rings. The van der Waals surface area contributed by atoms with Crippen LogP contribution in [0.1, 0.15) is 25.8 Å². The van der Waals surface area contributed by atoms with Crippen LogP contribution in [-0.2, 0) is 11.3 Å². The lowest BCUT2D eigenvalue weighted by molar-refractivity contribution is -0.140. The Balaban J connectivity index is 2.62.